The zero-order valence-electron chi connectivity index (χ0n) is 13.4. The summed E-state index contributed by atoms with van der Waals surface area (Å²) in [6.45, 7) is 8.55. The summed E-state index contributed by atoms with van der Waals surface area (Å²) in [4.78, 5) is 12.1. The molecule has 0 saturated heterocycles. The van der Waals surface area contributed by atoms with Crippen LogP contribution in [0.3, 0.4) is 0 Å². The van der Waals surface area contributed by atoms with Crippen LogP contribution in [0.2, 0.25) is 0 Å². The highest BCUT2D eigenvalue weighted by Crippen LogP contribution is 2.18. The van der Waals surface area contributed by atoms with Crippen molar-refractivity contribution in [1.29, 1.82) is 0 Å². The van der Waals surface area contributed by atoms with Crippen LogP contribution in [-0.2, 0) is 9.53 Å². The summed E-state index contributed by atoms with van der Waals surface area (Å²) < 4.78 is 5.18. The number of esters is 1. The molecule has 0 radical (unpaired) electrons. The average molecular weight is 305 g/mol. The molecule has 0 aromatic heterocycles. The van der Waals surface area contributed by atoms with E-state index in [4.69, 9.17) is 9.84 Å². The highest BCUT2D eigenvalue weighted by atomic mass is 32.2. The van der Waals surface area contributed by atoms with Gasteiger partial charge in [0, 0.05) is 12.6 Å². The van der Waals surface area contributed by atoms with Crippen molar-refractivity contribution in [1.82, 2.24) is 5.32 Å². The van der Waals surface area contributed by atoms with Gasteiger partial charge in [0.25, 0.3) is 0 Å². The third-order valence-corrected chi connectivity index (χ3v) is 4.15. The van der Waals surface area contributed by atoms with Crippen LogP contribution in [0.1, 0.15) is 53.4 Å². The van der Waals surface area contributed by atoms with Crippen molar-refractivity contribution in [2.75, 3.05) is 24.7 Å². The topological polar surface area (TPSA) is 58.6 Å². The number of aliphatic hydroxyl groups is 1. The summed E-state index contributed by atoms with van der Waals surface area (Å²) in [6, 6.07) is 0.253. The Balaban J connectivity index is 4.07. The predicted octanol–water partition coefficient (Wildman–Crippen LogP) is 2.59. The van der Waals surface area contributed by atoms with Crippen molar-refractivity contribution in [2.24, 2.45) is 0 Å². The Hall–Kier alpha value is -0.260. The highest BCUT2D eigenvalue weighted by molar-refractivity contribution is 7.99. The molecule has 1 unspecified atom stereocenters. The number of thioether (sulfide) groups is 1. The zero-order chi connectivity index (χ0) is 15.4. The SMILES string of the molecule is CCOC(=O)C(C)(CCCCSCCCO)NC(C)C. The molecule has 0 aliphatic heterocycles. The smallest absolute Gasteiger partial charge is 0.326 e. The summed E-state index contributed by atoms with van der Waals surface area (Å²) in [5.41, 5.74) is -0.583. The minimum Gasteiger partial charge on any atom is -0.465 e. The standard InChI is InChI=1S/C15H31NO3S/c1-5-19-14(18)15(4,16-13(2)3)9-6-7-11-20-12-8-10-17/h13,16-17H,5-12H2,1-4H3. The van der Waals surface area contributed by atoms with Gasteiger partial charge in [-0.1, -0.05) is 6.42 Å². The van der Waals surface area contributed by atoms with Gasteiger partial charge in [-0.25, -0.2) is 0 Å². The van der Waals surface area contributed by atoms with Gasteiger partial charge in [0.2, 0.25) is 0 Å². The van der Waals surface area contributed by atoms with Crippen LogP contribution >= 0.6 is 11.8 Å². The second-order valence-corrected chi connectivity index (χ2v) is 6.72. The maximum Gasteiger partial charge on any atom is 0.326 e. The monoisotopic (exact) mass is 305 g/mol. The first-order chi connectivity index (χ1) is 9.46. The molecule has 4 nitrogen and oxygen atoms in total. The van der Waals surface area contributed by atoms with E-state index in [2.05, 4.69) is 5.32 Å². The lowest BCUT2D eigenvalue weighted by Gasteiger charge is -2.30. The van der Waals surface area contributed by atoms with Gasteiger partial charge in [-0.2, -0.15) is 11.8 Å². The normalized spacial score (nSPS) is 14.3. The van der Waals surface area contributed by atoms with Crippen LogP contribution in [-0.4, -0.2) is 47.4 Å². The number of unbranched alkanes of at least 4 members (excludes halogenated alkanes) is 1. The molecule has 5 heteroatoms. The minimum absolute atomic E-state index is 0.151. The molecule has 120 valence electrons. The van der Waals surface area contributed by atoms with E-state index in [-0.39, 0.29) is 18.6 Å². The summed E-state index contributed by atoms with van der Waals surface area (Å²) in [6.07, 6.45) is 3.75. The van der Waals surface area contributed by atoms with Crippen molar-refractivity contribution < 1.29 is 14.6 Å². The van der Waals surface area contributed by atoms with Crippen LogP contribution in [0, 0.1) is 0 Å². The van der Waals surface area contributed by atoms with E-state index in [0.29, 0.717) is 6.61 Å². The molecule has 0 fully saturated rings. The second kappa shape index (κ2) is 11.4. The fourth-order valence-electron chi connectivity index (χ4n) is 2.11. The number of ether oxygens (including phenoxy) is 1. The molecule has 0 aromatic carbocycles. The minimum atomic E-state index is -0.583. The molecule has 0 saturated carbocycles. The lowest BCUT2D eigenvalue weighted by atomic mass is 9.94. The Morgan fingerprint density at radius 1 is 1.30 bits per heavy atom. The van der Waals surface area contributed by atoms with E-state index in [1.807, 2.05) is 39.5 Å². The van der Waals surface area contributed by atoms with E-state index in [0.717, 1.165) is 37.2 Å². The number of nitrogens with one attached hydrogen (secondary N) is 1. The zero-order valence-corrected chi connectivity index (χ0v) is 14.2. The van der Waals surface area contributed by atoms with Crippen molar-refractivity contribution in [2.45, 2.75) is 65.0 Å². The number of aliphatic hydroxyl groups excluding tert-OH is 1. The molecule has 1 atom stereocenters. The fourth-order valence-corrected chi connectivity index (χ4v) is 3.06. The molecule has 0 heterocycles. The van der Waals surface area contributed by atoms with Gasteiger partial charge in [0.15, 0.2) is 0 Å². The quantitative estimate of drug-likeness (QED) is 0.429. The molecule has 0 aliphatic rings. The number of rotatable bonds is 12. The second-order valence-electron chi connectivity index (χ2n) is 5.50. The molecule has 0 aliphatic carbocycles. The van der Waals surface area contributed by atoms with E-state index < -0.39 is 5.54 Å². The molecular weight excluding hydrogens is 274 g/mol. The van der Waals surface area contributed by atoms with E-state index in [1.165, 1.54) is 0 Å². The summed E-state index contributed by atoms with van der Waals surface area (Å²) in [7, 11) is 0. The summed E-state index contributed by atoms with van der Waals surface area (Å²) >= 11 is 1.86. The van der Waals surface area contributed by atoms with Crippen molar-refractivity contribution in [3.8, 4) is 0 Å². The Labute approximate surface area is 128 Å². The van der Waals surface area contributed by atoms with Gasteiger partial charge in [-0.05, 0) is 58.5 Å². The first kappa shape index (κ1) is 19.7. The predicted molar refractivity (Wildman–Crippen MR) is 86.2 cm³/mol. The van der Waals surface area contributed by atoms with Crippen LogP contribution in [0.4, 0.5) is 0 Å². The van der Waals surface area contributed by atoms with E-state index >= 15 is 0 Å². The lowest BCUT2D eigenvalue weighted by molar-refractivity contribution is -0.151. The number of carbonyl (C=O) groups excluding carboxylic acids is 1. The number of hydrogen-bond donors (Lipinski definition) is 2. The number of carbonyl (C=O) groups is 1. The highest BCUT2D eigenvalue weighted by Gasteiger charge is 2.34. The summed E-state index contributed by atoms with van der Waals surface area (Å²) in [5, 5.41) is 12.0. The fraction of sp³-hybridized carbons (Fsp3) is 0.933. The molecule has 0 rings (SSSR count). The molecule has 20 heavy (non-hydrogen) atoms. The maximum atomic E-state index is 12.1. The maximum absolute atomic E-state index is 12.1. The molecule has 0 aromatic rings. The van der Waals surface area contributed by atoms with Crippen LogP contribution in [0.5, 0.6) is 0 Å². The summed E-state index contributed by atoms with van der Waals surface area (Å²) in [5.74, 6) is 1.94. The van der Waals surface area contributed by atoms with Gasteiger partial charge < -0.3 is 9.84 Å². The molecule has 0 bridgehead atoms. The molecule has 2 N–H and O–H groups in total. The molecule has 0 amide bonds. The third-order valence-electron chi connectivity index (χ3n) is 3.00. The first-order valence-electron chi connectivity index (χ1n) is 7.59. The molecule has 0 spiro atoms. The number of hydrogen-bond acceptors (Lipinski definition) is 5. The van der Waals surface area contributed by atoms with Gasteiger partial charge in [0.1, 0.15) is 5.54 Å². The van der Waals surface area contributed by atoms with Gasteiger partial charge in [0.05, 0.1) is 6.61 Å². The average Bonchev–Trinajstić information content (AvgIpc) is 2.37. The third kappa shape index (κ3) is 8.82. The van der Waals surface area contributed by atoms with Crippen LogP contribution in [0.15, 0.2) is 0 Å². The van der Waals surface area contributed by atoms with Crippen LogP contribution < -0.4 is 5.32 Å². The van der Waals surface area contributed by atoms with Gasteiger partial charge in [-0.3, -0.25) is 10.1 Å². The Bertz CT molecular complexity index is 262. The largest absolute Gasteiger partial charge is 0.465 e. The van der Waals surface area contributed by atoms with Gasteiger partial charge in [-0.15, -0.1) is 0 Å². The van der Waals surface area contributed by atoms with Crippen LogP contribution in [0.25, 0.3) is 0 Å². The Kier molecular flexibility index (Phi) is 11.3. The Morgan fingerprint density at radius 3 is 2.50 bits per heavy atom. The van der Waals surface area contributed by atoms with E-state index in [9.17, 15) is 4.79 Å². The molecular formula is C15H31NO3S. The van der Waals surface area contributed by atoms with Crippen molar-refractivity contribution >= 4 is 17.7 Å². The van der Waals surface area contributed by atoms with E-state index in [1.54, 1.807) is 0 Å². The first-order valence-corrected chi connectivity index (χ1v) is 8.75. The van der Waals surface area contributed by atoms with Gasteiger partial charge >= 0.3 is 5.97 Å². The Morgan fingerprint density at radius 2 is 1.95 bits per heavy atom. The van der Waals surface area contributed by atoms with Crippen molar-refractivity contribution in [3.05, 3.63) is 0 Å². The van der Waals surface area contributed by atoms with Crippen molar-refractivity contribution in [3.63, 3.8) is 0 Å². The lowest BCUT2D eigenvalue weighted by Crippen LogP contribution is -2.53.